The van der Waals surface area contributed by atoms with Crippen LogP contribution in [0.15, 0.2) is 53.6 Å². The number of fused-ring (bicyclic) bond motifs is 1. The Morgan fingerprint density at radius 1 is 1.12 bits per heavy atom. The van der Waals surface area contributed by atoms with E-state index in [-0.39, 0.29) is 6.03 Å². The molecule has 0 aliphatic rings. The number of aromatic nitrogens is 1. The maximum atomic E-state index is 12.0. The van der Waals surface area contributed by atoms with Gasteiger partial charge in [-0.1, -0.05) is 36.4 Å². The molecule has 2 aromatic carbocycles. The molecule has 1 heterocycles. The van der Waals surface area contributed by atoms with Crippen molar-refractivity contribution < 1.29 is 4.79 Å². The maximum absolute atomic E-state index is 12.0. The number of nitrogens with one attached hydrogen (secondary N) is 2. The van der Waals surface area contributed by atoms with Crippen molar-refractivity contribution in [2.24, 2.45) is 5.10 Å². The van der Waals surface area contributed by atoms with Gasteiger partial charge in [-0.15, -0.1) is 0 Å². The third-order valence-corrected chi connectivity index (χ3v) is 4.35. The number of hydrogen-bond acceptors (Lipinski definition) is 2. The fourth-order valence-corrected chi connectivity index (χ4v) is 3.05. The molecular formula is C20H22N4O. The zero-order chi connectivity index (χ0) is 17.8. The number of rotatable bonds is 4. The zero-order valence-corrected chi connectivity index (χ0v) is 14.7. The van der Waals surface area contributed by atoms with Crippen molar-refractivity contribution in [1.82, 2.24) is 9.99 Å². The molecule has 1 aromatic heterocycles. The van der Waals surface area contributed by atoms with E-state index < -0.39 is 0 Å². The van der Waals surface area contributed by atoms with Crippen LogP contribution < -0.4 is 10.7 Å². The van der Waals surface area contributed by atoms with Crippen LogP contribution in [0.25, 0.3) is 10.9 Å². The highest BCUT2D eigenvalue weighted by Gasteiger charge is 2.11. The van der Waals surface area contributed by atoms with Gasteiger partial charge in [-0.2, -0.15) is 5.10 Å². The van der Waals surface area contributed by atoms with Crippen LogP contribution in [0.3, 0.4) is 0 Å². The van der Waals surface area contributed by atoms with Gasteiger partial charge >= 0.3 is 6.03 Å². The van der Waals surface area contributed by atoms with Crippen LogP contribution in [0.5, 0.6) is 0 Å². The number of nitrogens with zero attached hydrogens (tertiary/aromatic N) is 2. The first kappa shape index (κ1) is 16.8. The van der Waals surface area contributed by atoms with Crippen LogP contribution in [-0.4, -0.2) is 16.8 Å². The minimum Gasteiger partial charge on any atom is -0.344 e. The summed E-state index contributed by atoms with van der Waals surface area (Å²) in [6.07, 6.45) is 1.71. The second-order valence-electron chi connectivity index (χ2n) is 5.90. The smallest absolute Gasteiger partial charge is 0.339 e. The molecule has 0 aliphatic carbocycles. The molecule has 0 aliphatic heterocycles. The summed E-state index contributed by atoms with van der Waals surface area (Å²) in [7, 11) is 0. The molecule has 2 N–H and O–H groups in total. The number of hydrogen-bond donors (Lipinski definition) is 2. The van der Waals surface area contributed by atoms with Crippen molar-refractivity contribution in [3.05, 3.63) is 65.4 Å². The number of carbonyl (C=O) groups excluding carboxylic acids is 1. The lowest BCUT2D eigenvalue weighted by atomic mass is 10.1. The number of urea groups is 1. The quantitative estimate of drug-likeness (QED) is 0.538. The topological polar surface area (TPSA) is 58.4 Å². The van der Waals surface area contributed by atoms with Crippen LogP contribution in [0.2, 0.25) is 0 Å². The molecule has 5 heteroatoms. The SMILES string of the molecule is CCn1c(C)c(/C=N\NC(=O)Nc2ccccc2C)c2ccccc21. The summed E-state index contributed by atoms with van der Waals surface area (Å²) >= 11 is 0. The van der Waals surface area contributed by atoms with Crippen molar-refractivity contribution in [2.75, 3.05) is 5.32 Å². The first-order valence-electron chi connectivity index (χ1n) is 8.35. The molecule has 0 radical (unpaired) electrons. The normalized spacial score (nSPS) is 11.2. The van der Waals surface area contributed by atoms with E-state index in [1.54, 1.807) is 6.21 Å². The van der Waals surface area contributed by atoms with E-state index in [4.69, 9.17) is 0 Å². The third-order valence-electron chi connectivity index (χ3n) is 4.35. The number of anilines is 1. The molecule has 0 spiro atoms. The van der Waals surface area contributed by atoms with Crippen molar-refractivity contribution in [2.45, 2.75) is 27.3 Å². The van der Waals surface area contributed by atoms with Gasteiger partial charge < -0.3 is 9.88 Å². The van der Waals surface area contributed by atoms with Crippen molar-refractivity contribution in [3.8, 4) is 0 Å². The Bertz CT molecular complexity index is 940. The van der Waals surface area contributed by atoms with E-state index in [9.17, 15) is 4.79 Å². The predicted octanol–water partition coefficient (Wildman–Crippen LogP) is 4.43. The molecule has 5 nitrogen and oxygen atoms in total. The zero-order valence-electron chi connectivity index (χ0n) is 14.7. The van der Waals surface area contributed by atoms with Gasteiger partial charge in [0.05, 0.1) is 6.21 Å². The van der Waals surface area contributed by atoms with E-state index in [1.165, 1.54) is 5.52 Å². The van der Waals surface area contributed by atoms with Crippen LogP contribution in [0.4, 0.5) is 10.5 Å². The molecule has 0 unspecified atom stereocenters. The molecule has 0 fully saturated rings. The fraction of sp³-hybridized carbons (Fsp3) is 0.200. The third kappa shape index (κ3) is 3.40. The summed E-state index contributed by atoms with van der Waals surface area (Å²) in [6, 6.07) is 15.5. The van der Waals surface area contributed by atoms with Gasteiger partial charge in [0.25, 0.3) is 0 Å². The molecule has 25 heavy (non-hydrogen) atoms. The lowest BCUT2D eigenvalue weighted by Gasteiger charge is -2.06. The first-order chi connectivity index (χ1) is 12.1. The van der Waals surface area contributed by atoms with Crippen molar-refractivity contribution in [1.29, 1.82) is 0 Å². The van der Waals surface area contributed by atoms with Gasteiger partial charge in [0.15, 0.2) is 0 Å². The average Bonchev–Trinajstić information content (AvgIpc) is 2.88. The average molecular weight is 334 g/mol. The number of para-hydroxylation sites is 2. The lowest BCUT2D eigenvalue weighted by molar-refractivity contribution is 0.252. The Balaban J connectivity index is 1.77. The molecule has 0 saturated heterocycles. The largest absolute Gasteiger partial charge is 0.344 e. The number of benzene rings is 2. The van der Waals surface area contributed by atoms with Gasteiger partial charge in [-0.3, -0.25) is 0 Å². The summed E-state index contributed by atoms with van der Waals surface area (Å²) in [6.45, 7) is 7.02. The van der Waals surface area contributed by atoms with E-state index in [1.807, 2.05) is 43.3 Å². The Morgan fingerprint density at radius 2 is 1.84 bits per heavy atom. The number of amides is 2. The van der Waals surface area contributed by atoms with Gasteiger partial charge in [0.1, 0.15) is 0 Å². The van der Waals surface area contributed by atoms with Crippen LogP contribution in [0, 0.1) is 13.8 Å². The summed E-state index contributed by atoms with van der Waals surface area (Å²) in [5.74, 6) is 0. The Hall–Kier alpha value is -3.08. The minimum atomic E-state index is -0.359. The van der Waals surface area contributed by atoms with E-state index >= 15 is 0 Å². The summed E-state index contributed by atoms with van der Waals surface area (Å²) in [5, 5.41) is 8.05. The minimum absolute atomic E-state index is 0.359. The van der Waals surface area contributed by atoms with E-state index in [0.717, 1.165) is 34.4 Å². The van der Waals surface area contributed by atoms with Crippen molar-refractivity contribution in [3.63, 3.8) is 0 Å². The van der Waals surface area contributed by atoms with E-state index in [2.05, 4.69) is 46.4 Å². The summed E-state index contributed by atoms with van der Waals surface area (Å²) in [5.41, 5.74) is 7.64. The highest BCUT2D eigenvalue weighted by Crippen LogP contribution is 2.24. The maximum Gasteiger partial charge on any atom is 0.339 e. The highest BCUT2D eigenvalue weighted by atomic mass is 16.2. The van der Waals surface area contributed by atoms with Crippen molar-refractivity contribution >= 4 is 28.8 Å². The van der Waals surface area contributed by atoms with Crippen LogP contribution in [-0.2, 0) is 6.54 Å². The Kier molecular flexibility index (Phi) is 4.84. The Morgan fingerprint density at radius 3 is 2.60 bits per heavy atom. The standard InChI is InChI=1S/C20H22N4O/c1-4-24-15(3)17(16-10-6-8-12-19(16)24)13-21-23-20(25)22-18-11-7-5-9-14(18)2/h5-13H,4H2,1-3H3,(H2,22,23,25)/b21-13-. The molecule has 0 bridgehead atoms. The number of carbonyl (C=O) groups is 1. The highest BCUT2D eigenvalue weighted by molar-refractivity contribution is 6.01. The number of aryl methyl sites for hydroxylation is 2. The van der Waals surface area contributed by atoms with Crippen LogP contribution >= 0.6 is 0 Å². The summed E-state index contributed by atoms with van der Waals surface area (Å²) < 4.78 is 2.24. The van der Waals surface area contributed by atoms with Gasteiger partial charge in [0.2, 0.25) is 0 Å². The first-order valence-corrected chi connectivity index (χ1v) is 8.35. The predicted molar refractivity (Wildman–Crippen MR) is 103 cm³/mol. The fourth-order valence-electron chi connectivity index (χ4n) is 3.05. The van der Waals surface area contributed by atoms with Gasteiger partial charge in [-0.05, 0) is 38.5 Å². The molecule has 3 aromatic rings. The second-order valence-corrected chi connectivity index (χ2v) is 5.90. The lowest BCUT2D eigenvalue weighted by Crippen LogP contribution is -2.24. The molecule has 0 atom stereocenters. The van der Waals surface area contributed by atoms with Crippen LogP contribution in [0.1, 0.15) is 23.7 Å². The molecule has 0 saturated carbocycles. The molecule has 3 rings (SSSR count). The summed E-state index contributed by atoms with van der Waals surface area (Å²) in [4.78, 5) is 12.0. The molecule has 128 valence electrons. The number of hydrazone groups is 1. The molecular weight excluding hydrogens is 312 g/mol. The van der Waals surface area contributed by atoms with Gasteiger partial charge in [0, 0.05) is 34.4 Å². The monoisotopic (exact) mass is 334 g/mol. The second kappa shape index (κ2) is 7.21. The van der Waals surface area contributed by atoms with E-state index in [0.29, 0.717) is 0 Å². The Labute approximate surface area is 147 Å². The van der Waals surface area contributed by atoms with Gasteiger partial charge in [-0.25, -0.2) is 10.2 Å². The molecule has 2 amide bonds.